The largest absolute Gasteiger partial charge is 0.458 e. The summed E-state index contributed by atoms with van der Waals surface area (Å²) in [5.74, 6) is -0.442. The van der Waals surface area contributed by atoms with Gasteiger partial charge in [0.05, 0.1) is 14.1 Å². The Hall–Kier alpha value is -1.37. The number of carbonyl (C=O) groups is 2. The highest BCUT2D eigenvalue weighted by Gasteiger charge is 2.37. The molecule has 0 saturated carbocycles. The van der Waals surface area contributed by atoms with Gasteiger partial charge < -0.3 is 9.47 Å². The highest BCUT2D eigenvalue weighted by atomic mass is 19.1. The van der Waals surface area contributed by atoms with Crippen LogP contribution >= 0.6 is 0 Å². The third-order valence-corrected chi connectivity index (χ3v) is 3.42. The van der Waals surface area contributed by atoms with Crippen molar-refractivity contribution >= 4 is 12.1 Å². The lowest BCUT2D eigenvalue weighted by Gasteiger charge is -2.28. The molecule has 1 aliphatic heterocycles. The van der Waals surface area contributed by atoms with Gasteiger partial charge in [-0.05, 0) is 33.6 Å². The highest BCUT2D eigenvalue weighted by molar-refractivity contribution is 5.82. The fourth-order valence-electron chi connectivity index (χ4n) is 2.10. The van der Waals surface area contributed by atoms with E-state index in [1.807, 2.05) is 0 Å². The molecular weight excluding hydrogens is 291 g/mol. The topological polar surface area (TPSA) is 55.8 Å². The lowest BCUT2D eigenvalue weighted by molar-refractivity contribution is -0.902. The van der Waals surface area contributed by atoms with Crippen molar-refractivity contribution in [3.63, 3.8) is 0 Å². The van der Waals surface area contributed by atoms with Crippen LogP contribution in [0.25, 0.3) is 0 Å². The fraction of sp³-hybridized carbons (Fsp3) is 0.867. The second-order valence-electron chi connectivity index (χ2n) is 7.28. The molecule has 1 fully saturated rings. The van der Waals surface area contributed by atoms with Crippen LogP contribution in [0, 0.1) is 0 Å². The maximum atomic E-state index is 12.7. The molecule has 0 N–H and O–H groups in total. The Bertz CT molecular complexity index is 407. The fourth-order valence-corrected chi connectivity index (χ4v) is 2.10. The molecule has 1 rings (SSSR count). The average Bonchev–Trinajstić information content (AvgIpc) is 2.85. The van der Waals surface area contributed by atoms with E-state index in [1.54, 1.807) is 34.9 Å². The van der Waals surface area contributed by atoms with Crippen molar-refractivity contribution in [2.45, 2.75) is 45.3 Å². The van der Waals surface area contributed by atoms with Gasteiger partial charge >= 0.3 is 12.1 Å². The molecule has 6 nitrogen and oxygen atoms in total. The zero-order valence-corrected chi connectivity index (χ0v) is 14.2. The number of nitrogens with zero attached hydrogens (tertiary/aromatic N) is 2. The van der Waals surface area contributed by atoms with Gasteiger partial charge in [-0.15, -0.1) is 0 Å². The quantitative estimate of drug-likeness (QED) is 0.441. The van der Waals surface area contributed by atoms with Crippen LogP contribution in [-0.2, 0) is 14.3 Å². The van der Waals surface area contributed by atoms with E-state index < -0.39 is 30.5 Å². The minimum Gasteiger partial charge on any atom is -0.458 e. The first-order valence-electron chi connectivity index (χ1n) is 7.60. The number of amides is 1. The number of quaternary nitrogens is 1. The van der Waals surface area contributed by atoms with Crippen LogP contribution in [0.5, 0.6) is 0 Å². The number of alkyl halides is 1. The van der Waals surface area contributed by atoms with Gasteiger partial charge in [-0.25, -0.2) is 9.59 Å². The smallest absolute Gasteiger partial charge is 0.411 e. The number of ether oxygens (including phenoxy) is 2. The summed E-state index contributed by atoms with van der Waals surface area (Å²) in [6.07, 6.45) is 0.816. The summed E-state index contributed by atoms with van der Waals surface area (Å²) in [7, 11) is 3.44. The zero-order chi connectivity index (χ0) is 17.0. The number of carbonyl (C=O) groups excluding carboxylic acids is 2. The van der Waals surface area contributed by atoms with Crippen molar-refractivity contribution in [2.24, 2.45) is 0 Å². The molecule has 1 amide bonds. The summed E-state index contributed by atoms with van der Waals surface area (Å²) in [6.45, 7) is 5.84. The number of halogens is 1. The van der Waals surface area contributed by atoms with Crippen molar-refractivity contribution in [3.05, 3.63) is 0 Å². The molecule has 0 aromatic heterocycles. The molecular formula is C15H28FN2O4+. The molecule has 0 aromatic carbocycles. The van der Waals surface area contributed by atoms with E-state index >= 15 is 0 Å². The van der Waals surface area contributed by atoms with Crippen molar-refractivity contribution < 1.29 is 27.9 Å². The van der Waals surface area contributed by atoms with E-state index in [2.05, 4.69) is 0 Å². The van der Waals surface area contributed by atoms with Gasteiger partial charge in [0.1, 0.15) is 24.8 Å². The van der Waals surface area contributed by atoms with Gasteiger partial charge in [-0.2, -0.15) is 4.39 Å². The summed E-state index contributed by atoms with van der Waals surface area (Å²) in [4.78, 5) is 25.6. The molecule has 22 heavy (non-hydrogen) atoms. The van der Waals surface area contributed by atoms with Gasteiger partial charge in [0.25, 0.3) is 0 Å². The number of rotatable bonds is 5. The van der Waals surface area contributed by atoms with Crippen molar-refractivity contribution in [1.29, 1.82) is 0 Å². The molecule has 0 spiro atoms. The van der Waals surface area contributed by atoms with E-state index in [0.29, 0.717) is 19.5 Å². The van der Waals surface area contributed by atoms with Gasteiger partial charge in [-0.1, -0.05) is 0 Å². The standard InChI is InChI=1S/C15H28FN2O4/c1-15(2,3)22-14(20)17-8-6-7-12(17)13(19)21-10-9-18(4,5)11-16/h12H,6-11H2,1-5H3/q+1/t12-/m0/s1. The summed E-state index contributed by atoms with van der Waals surface area (Å²) in [5.41, 5.74) is -0.600. The van der Waals surface area contributed by atoms with Gasteiger partial charge in [0.15, 0.2) is 0 Å². The summed E-state index contributed by atoms with van der Waals surface area (Å²) in [6, 6.07) is -0.601. The Kier molecular flexibility index (Phi) is 6.17. The van der Waals surface area contributed by atoms with Crippen LogP contribution in [0.15, 0.2) is 0 Å². The number of hydrogen-bond acceptors (Lipinski definition) is 4. The molecule has 1 atom stereocenters. The average molecular weight is 319 g/mol. The summed E-state index contributed by atoms with van der Waals surface area (Å²) >= 11 is 0. The maximum absolute atomic E-state index is 12.7. The van der Waals surface area contributed by atoms with E-state index in [-0.39, 0.29) is 11.1 Å². The van der Waals surface area contributed by atoms with Crippen LogP contribution in [-0.4, -0.2) is 73.7 Å². The van der Waals surface area contributed by atoms with Gasteiger partial charge in [0, 0.05) is 6.54 Å². The van der Waals surface area contributed by atoms with Crippen LogP contribution < -0.4 is 0 Å². The summed E-state index contributed by atoms with van der Waals surface area (Å²) in [5, 5.41) is 0. The van der Waals surface area contributed by atoms with Gasteiger partial charge in [0.2, 0.25) is 6.80 Å². The Balaban J connectivity index is 2.52. The molecule has 7 heteroatoms. The Morgan fingerprint density at radius 1 is 1.32 bits per heavy atom. The van der Waals surface area contributed by atoms with E-state index in [0.717, 1.165) is 6.42 Å². The normalized spacial score (nSPS) is 19.2. The number of esters is 1. The van der Waals surface area contributed by atoms with E-state index in [1.165, 1.54) is 4.90 Å². The second-order valence-corrected chi connectivity index (χ2v) is 7.28. The first-order valence-corrected chi connectivity index (χ1v) is 7.60. The minimum atomic E-state index is -0.601. The van der Waals surface area contributed by atoms with Crippen LogP contribution in [0.1, 0.15) is 33.6 Å². The number of likely N-dealkylation sites (N-methyl/N-ethyl adjacent to an activating group) is 1. The molecule has 1 aliphatic rings. The molecule has 0 aromatic rings. The third-order valence-electron chi connectivity index (χ3n) is 3.42. The second kappa shape index (κ2) is 7.26. The van der Waals surface area contributed by atoms with Crippen molar-refractivity contribution in [3.8, 4) is 0 Å². The lowest BCUT2D eigenvalue weighted by atomic mass is 10.2. The van der Waals surface area contributed by atoms with Crippen molar-refractivity contribution in [2.75, 3.05) is 40.6 Å². The first kappa shape index (κ1) is 18.7. The summed E-state index contributed by atoms with van der Waals surface area (Å²) < 4.78 is 23.3. The molecule has 0 aliphatic carbocycles. The van der Waals surface area contributed by atoms with Crippen LogP contribution in [0.3, 0.4) is 0 Å². The Morgan fingerprint density at radius 3 is 2.50 bits per heavy atom. The molecule has 0 radical (unpaired) electrons. The van der Waals surface area contributed by atoms with Crippen molar-refractivity contribution in [1.82, 2.24) is 4.90 Å². The Morgan fingerprint density at radius 2 is 1.95 bits per heavy atom. The predicted molar refractivity (Wildman–Crippen MR) is 79.9 cm³/mol. The van der Waals surface area contributed by atoms with E-state index in [4.69, 9.17) is 9.47 Å². The van der Waals surface area contributed by atoms with Crippen LogP contribution in [0.4, 0.5) is 9.18 Å². The van der Waals surface area contributed by atoms with E-state index in [9.17, 15) is 14.0 Å². The maximum Gasteiger partial charge on any atom is 0.411 e. The van der Waals surface area contributed by atoms with Gasteiger partial charge in [-0.3, -0.25) is 9.38 Å². The van der Waals surface area contributed by atoms with Crippen LogP contribution in [0.2, 0.25) is 0 Å². The first-order chi connectivity index (χ1) is 10.1. The molecule has 1 saturated heterocycles. The number of hydrogen-bond donors (Lipinski definition) is 0. The molecule has 128 valence electrons. The Labute approximate surface area is 131 Å². The number of likely N-dealkylation sites (tertiary alicyclic amines) is 1. The molecule has 0 bridgehead atoms. The minimum absolute atomic E-state index is 0.133. The molecule has 1 heterocycles. The SMILES string of the molecule is CC(C)(C)OC(=O)N1CCC[C@H]1C(=O)OCC[N+](C)(C)CF. The highest BCUT2D eigenvalue weighted by Crippen LogP contribution is 2.21. The monoisotopic (exact) mass is 319 g/mol. The lowest BCUT2D eigenvalue weighted by Crippen LogP contribution is -2.45. The predicted octanol–water partition coefficient (Wildman–Crippen LogP) is 1.93. The molecule has 0 unspecified atom stereocenters. The third kappa shape index (κ3) is 5.79. The zero-order valence-electron chi connectivity index (χ0n) is 14.2.